The number of rotatable bonds is 5. The van der Waals surface area contributed by atoms with Crippen molar-refractivity contribution in [1.82, 2.24) is 0 Å². The number of para-hydroxylation sites is 1. The minimum Gasteiger partial charge on any atom is -0.458 e. The SMILES string of the molecule is C=C(C)C(=O)OCC=Cc1ccccc1[N+](=O)[O-]. The number of carbonyl (C=O) groups is 1. The van der Waals surface area contributed by atoms with E-state index in [1.165, 1.54) is 6.07 Å². The zero-order valence-electron chi connectivity index (χ0n) is 9.96. The van der Waals surface area contributed by atoms with Gasteiger partial charge < -0.3 is 4.74 Å². The van der Waals surface area contributed by atoms with Crippen molar-refractivity contribution in [1.29, 1.82) is 0 Å². The fourth-order valence-electron chi connectivity index (χ4n) is 1.22. The molecule has 0 atom stereocenters. The largest absolute Gasteiger partial charge is 0.458 e. The van der Waals surface area contributed by atoms with Gasteiger partial charge in [-0.1, -0.05) is 18.7 Å². The van der Waals surface area contributed by atoms with Crippen LogP contribution in [0.25, 0.3) is 6.08 Å². The number of esters is 1. The van der Waals surface area contributed by atoms with Gasteiger partial charge in [-0.15, -0.1) is 0 Å². The Kier molecular flexibility index (Phi) is 4.80. The van der Waals surface area contributed by atoms with Gasteiger partial charge in [0.15, 0.2) is 0 Å². The van der Waals surface area contributed by atoms with Crippen LogP contribution in [0.4, 0.5) is 5.69 Å². The van der Waals surface area contributed by atoms with Crippen LogP contribution in [0.2, 0.25) is 0 Å². The van der Waals surface area contributed by atoms with Crippen LogP contribution in [0.15, 0.2) is 42.5 Å². The molecule has 0 N–H and O–H groups in total. The Morgan fingerprint density at radius 3 is 2.78 bits per heavy atom. The van der Waals surface area contributed by atoms with E-state index in [-0.39, 0.29) is 12.3 Å². The first-order chi connectivity index (χ1) is 8.52. The summed E-state index contributed by atoms with van der Waals surface area (Å²) in [5, 5.41) is 10.7. The Morgan fingerprint density at radius 1 is 1.50 bits per heavy atom. The average molecular weight is 247 g/mol. The van der Waals surface area contributed by atoms with E-state index in [9.17, 15) is 14.9 Å². The first kappa shape index (κ1) is 13.6. The number of nitro groups is 1. The summed E-state index contributed by atoms with van der Waals surface area (Å²) < 4.78 is 4.83. The summed E-state index contributed by atoms with van der Waals surface area (Å²) in [6.07, 6.45) is 3.09. The fourth-order valence-corrected chi connectivity index (χ4v) is 1.22. The molecule has 0 unspecified atom stereocenters. The zero-order valence-corrected chi connectivity index (χ0v) is 9.96. The predicted octanol–water partition coefficient (Wildman–Crippen LogP) is 2.73. The Labute approximate surface area is 105 Å². The molecule has 0 heterocycles. The highest BCUT2D eigenvalue weighted by molar-refractivity contribution is 5.87. The van der Waals surface area contributed by atoms with Crippen molar-refractivity contribution in [3.8, 4) is 0 Å². The molecular formula is C13H13NO4. The smallest absolute Gasteiger partial charge is 0.333 e. The summed E-state index contributed by atoms with van der Waals surface area (Å²) in [7, 11) is 0. The molecule has 1 aromatic carbocycles. The van der Waals surface area contributed by atoms with E-state index in [1.54, 1.807) is 37.3 Å². The molecule has 0 aliphatic rings. The monoisotopic (exact) mass is 247 g/mol. The lowest BCUT2D eigenvalue weighted by Gasteiger charge is -2.00. The molecule has 0 aliphatic carbocycles. The molecule has 18 heavy (non-hydrogen) atoms. The third-order valence-electron chi connectivity index (χ3n) is 2.09. The van der Waals surface area contributed by atoms with Crippen LogP contribution in [0.1, 0.15) is 12.5 Å². The highest BCUT2D eigenvalue weighted by atomic mass is 16.6. The topological polar surface area (TPSA) is 69.4 Å². The van der Waals surface area contributed by atoms with Crippen LogP contribution in [0.5, 0.6) is 0 Å². The molecule has 5 nitrogen and oxygen atoms in total. The van der Waals surface area contributed by atoms with Crippen LogP contribution < -0.4 is 0 Å². The standard InChI is InChI=1S/C13H13NO4/c1-10(2)13(15)18-9-5-7-11-6-3-4-8-12(11)14(16)17/h3-8H,1,9H2,2H3. The minimum atomic E-state index is -0.484. The molecule has 94 valence electrons. The molecular weight excluding hydrogens is 234 g/mol. The van der Waals surface area contributed by atoms with E-state index in [2.05, 4.69) is 6.58 Å². The van der Waals surface area contributed by atoms with Crippen molar-refractivity contribution in [3.63, 3.8) is 0 Å². The van der Waals surface area contributed by atoms with Gasteiger partial charge in [0.05, 0.1) is 10.5 Å². The Morgan fingerprint density at radius 2 is 2.17 bits per heavy atom. The van der Waals surface area contributed by atoms with Crippen molar-refractivity contribution < 1.29 is 14.5 Å². The maximum Gasteiger partial charge on any atom is 0.333 e. The molecule has 0 fully saturated rings. The molecule has 1 aromatic rings. The van der Waals surface area contributed by atoms with Crippen LogP contribution in [-0.4, -0.2) is 17.5 Å². The molecule has 0 spiro atoms. The molecule has 0 amide bonds. The number of benzene rings is 1. The summed E-state index contributed by atoms with van der Waals surface area (Å²) in [6, 6.07) is 6.33. The lowest BCUT2D eigenvalue weighted by atomic mass is 10.1. The second-order valence-corrected chi connectivity index (χ2v) is 3.60. The summed E-state index contributed by atoms with van der Waals surface area (Å²) in [5.74, 6) is -0.484. The van der Waals surface area contributed by atoms with Crippen LogP contribution in [0.3, 0.4) is 0 Å². The third-order valence-corrected chi connectivity index (χ3v) is 2.09. The number of nitrogens with zero attached hydrogens (tertiary/aromatic N) is 1. The lowest BCUT2D eigenvalue weighted by molar-refractivity contribution is -0.385. The average Bonchev–Trinajstić information content (AvgIpc) is 2.34. The molecule has 0 saturated carbocycles. The van der Waals surface area contributed by atoms with Gasteiger partial charge in [0.25, 0.3) is 5.69 Å². The van der Waals surface area contributed by atoms with Gasteiger partial charge in [0.2, 0.25) is 0 Å². The summed E-state index contributed by atoms with van der Waals surface area (Å²) >= 11 is 0. The Hall–Kier alpha value is -2.43. The van der Waals surface area contributed by atoms with Crippen molar-refractivity contribution in [2.75, 3.05) is 6.61 Å². The highest BCUT2D eigenvalue weighted by Crippen LogP contribution is 2.18. The maximum absolute atomic E-state index is 11.1. The first-order valence-electron chi connectivity index (χ1n) is 5.25. The van der Waals surface area contributed by atoms with Gasteiger partial charge in [-0.2, -0.15) is 0 Å². The Bertz CT molecular complexity index is 505. The zero-order chi connectivity index (χ0) is 13.5. The molecule has 0 aromatic heterocycles. The van der Waals surface area contributed by atoms with Gasteiger partial charge in [-0.25, -0.2) is 4.79 Å². The quantitative estimate of drug-likeness (QED) is 0.347. The number of hydrogen-bond acceptors (Lipinski definition) is 4. The molecule has 1 rings (SSSR count). The van der Waals surface area contributed by atoms with Gasteiger partial charge in [-0.3, -0.25) is 10.1 Å². The van der Waals surface area contributed by atoms with Gasteiger partial charge in [0, 0.05) is 11.6 Å². The number of ether oxygens (including phenoxy) is 1. The Balaban J connectivity index is 2.65. The molecule has 0 radical (unpaired) electrons. The molecule has 0 saturated heterocycles. The van der Waals surface area contributed by atoms with Gasteiger partial charge >= 0.3 is 5.97 Å². The maximum atomic E-state index is 11.1. The molecule has 0 bridgehead atoms. The summed E-state index contributed by atoms with van der Waals surface area (Å²) in [4.78, 5) is 21.3. The van der Waals surface area contributed by atoms with Crippen molar-refractivity contribution in [2.24, 2.45) is 0 Å². The first-order valence-corrected chi connectivity index (χ1v) is 5.25. The highest BCUT2D eigenvalue weighted by Gasteiger charge is 2.09. The van der Waals surface area contributed by atoms with E-state index < -0.39 is 10.9 Å². The number of nitro benzene ring substituents is 1. The van der Waals surface area contributed by atoms with Crippen LogP contribution in [-0.2, 0) is 9.53 Å². The van der Waals surface area contributed by atoms with E-state index in [1.807, 2.05) is 0 Å². The number of carbonyl (C=O) groups excluding carboxylic acids is 1. The van der Waals surface area contributed by atoms with Crippen molar-refractivity contribution >= 4 is 17.7 Å². The van der Waals surface area contributed by atoms with Crippen molar-refractivity contribution in [3.05, 3.63) is 58.2 Å². The third kappa shape index (κ3) is 3.86. The predicted molar refractivity (Wildman–Crippen MR) is 67.9 cm³/mol. The normalized spacial score (nSPS) is 10.3. The second kappa shape index (κ2) is 6.34. The summed E-state index contributed by atoms with van der Waals surface area (Å²) in [5.41, 5.74) is 0.794. The van der Waals surface area contributed by atoms with E-state index >= 15 is 0 Å². The molecule has 5 heteroatoms. The van der Waals surface area contributed by atoms with Gasteiger partial charge in [0.1, 0.15) is 6.61 Å². The number of hydrogen-bond donors (Lipinski definition) is 0. The minimum absolute atomic E-state index is 0.0139. The van der Waals surface area contributed by atoms with E-state index in [0.29, 0.717) is 11.1 Å². The molecule has 0 aliphatic heterocycles. The van der Waals surface area contributed by atoms with Crippen LogP contribution in [0, 0.1) is 10.1 Å². The van der Waals surface area contributed by atoms with Crippen molar-refractivity contribution in [2.45, 2.75) is 6.92 Å². The van der Waals surface area contributed by atoms with Gasteiger partial charge in [-0.05, 0) is 25.1 Å². The van der Waals surface area contributed by atoms with E-state index in [4.69, 9.17) is 4.74 Å². The second-order valence-electron chi connectivity index (χ2n) is 3.60. The van der Waals surface area contributed by atoms with E-state index in [0.717, 1.165) is 0 Å². The fraction of sp³-hybridized carbons (Fsp3) is 0.154. The lowest BCUT2D eigenvalue weighted by Crippen LogP contribution is -2.04. The summed E-state index contributed by atoms with van der Waals surface area (Å²) in [6.45, 7) is 5.04. The van der Waals surface area contributed by atoms with Crippen LogP contribution >= 0.6 is 0 Å².